The SMILES string of the molecule is CC1(C)c2ccccc2-c2ccc(N(c3ccc(-c4ccccc4)cc3)c3cccc4c3oc3c(-c5cccc6ccc7ccccc7c56)cccc34)cc21. The second kappa shape index (κ2) is 12.1. The van der Waals surface area contributed by atoms with Crippen LogP contribution >= 0.6 is 0 Å². The van der Waals surface area contributed by atoms with Gasteiger partial charge in [-0.05, 0) is 90.8 Å². The average molecular weight is 704 g/mol. The van der Waals surface area contributed by atoms with Crippen LogP contribution in [0.1, 0.15) is 25.0 Å². The van der Waals surface area contributed by atoms with Gasteiger partial charge in [0.05, 0.1) is 5.69 Å². The molecule has 2 nitrogen and oxygen atoms in total. The molecular weight excluding hydrogens is 667 g/mol. The lowest BCUT2D eigenvalue weighted by Gasteiger charge is -2.28. The minimum absolute atomic E-state index is 0.131. The fourth-order valence-corrected chi connectivity index (χ4v) is 9.17. The van der Waals surface area contributed by atoms with Gasteiger partial charge in [0.25, 0.3) is 0 Å². The van der Waals surface area contributed by atoms with Crippen molar-refractivity contribution in [2.75, 3.05) is 4.90 Å². The van der Waals surface area contributed by atoms with Crippen molar-refractivity contribution in [2.24, 2.45) is 0 Å². The second-order valence-electron chi connectivity index (χ2n) is 15.3. The van der Waals surface area contributed by atoms with Crippen LogP contribution in [0.15, 0.2) is 192 Å². The summed E-state index contributed by atoms with van der Waals surface area (Å²) in [6, 6.07) is 68.2. The van der Waals surface area contributed by atoms with Crippen molar-refractivity contribution < 1.29 is 4.42 Å². The second-order valence-corrected chi connectivity index (χ2v) is 15.3. The van der Waals surface area contributed by atoms with Gasteiger partial charge in [0.1, 0.15) is 5.58 Å². The maximum atomic E-state index is 7.19. The summed E-state index contributed by atoms with van der Waals surface area (Å²) in [5, 5.41) is 7.15. The van der Waals surface area contributed by atoms with Gasteiger partial charge >= 0.3 is 0 Å². The zero-order valence-corrected chi connectivity index (χ0v) is 30.8. The van der Waals surface area contributed by atoms with E-state index in [0.29, 0.717) is 0 Å². The molecule has 0 bridgehead atoms. The molecule has 9 aromatic carbocycles. The molecule has 0 unspecified atom stereocenters. The first-order valence-corrected chi connectivity index (χ1v) is 19.1. The quantitative estimate of drug-likeness (QED) is 0.166. The Hall–Kier alpha value is -6.90. The summed E-state index contributed by atoms with van der Waals surface area (Å²) in [5.74, 6) is 0. The van der Waals surface area contributed by atoms with Crippen molar-refractivity contribution in [3.05, 3.63) is 199 Å². The highest BCUT2D eigenvalue weighted by molar-refractivity contribution is 6.19. The first-order chi connectivity index (χ1) is 27.0. The summed E-state index contributed by atoms with van der Waals surface area (Å²) in [6.45, 7) is 4.69. The van der Waals surface area contributed by atoms with Crippen molar-refractivity contribution in [3.8, 4) is 33.4 Å². The number of anilines is 3. The van der Waals surface area contributed by atoms with Crippen LogP contribution in [-0.2, 0) is 5.41 Å². The Kier molecular flexibility index (Phi) is 6.93. The Balaban J connectivity index is 1.14. The molecule has 0 spiro atoms. The molecule has 260 valence electrons. The smallest absolute Gasteiger partial charge is 0.159 e. The van der Waals surface area contributed by atoms with Crippen LogP contribution in [0, 0.1) is 0 Å². The van der Waals surface area contributed by atoms with Gasteiger partial charge in [-0.3, -0.25) is 0 Å². The predicted molar refractivity (Wildman–Crippen MR) is 232 cm³/mol. The van der Waals surface area contributed by atoms with Gasteiger partial charge in [0, 0.05) is 33.1 Å². The van der Waals surface area contributed by atoms with Crippen molar-refractivity contribution in [3.63, 3.8) is 0 Å². The van der Waals surface area contributed by atoms with Crippen LogP contribution in [0.5, 0.6) is 0 Å². The molecule has 1 aromatic heterocycles. The topological polar surface area (TPSA) is 16.4 Å². The molecule has 0 saturated carbocycles. The molecule has 1 aliphatic carbocycles. The lowest BCUT2D eigenvalue weighted by molar-refractivity contribution is 0.660. The molecule has 0 N–H and O–H groups in total. The van der Waals surface area contributed by atoms with Crippen LogP contribution in [0.2, 0.25) is 0 Å². The van der Waals surface area contributed by atoms with E-state index in [1.807, 2.05) is 0 Å². The standard InChI is InChI=1S/C53H37NO/c1-53(2)47-23-9-8-18-41(47)42-32-31-39(33-48(42)53)54(38-29-27-35(28-30-38)34-13-4-3-5-14-34)49-24-12-22-46-45-21-11-20-44(51(45)55-52(46)49)43-19-10-16-37-26-25-36-15-6-7-17-40(36)50(37)43/h3-33H,1-2H3. The lowest BCUT2D eigenvalue weighted by atomic mass is 9.82. The molecule has 0 saturated heterocycles. The van der Waals surface area contributed by atoms with E-state index in [2.05, 4.69) is 207 Å². The van der Waals surface area contributed by atoms with Crippen molar-refractivity contribution in [1.82, 2.24) is 0 Å². The van der Waals surface area contributed by atoms with Crippen LogP contribution < -0.4 is 4.90 Å². The van der Waals surface area contributed by atoms with Crippen LogP contribution in [0.3, 0.4) is 0 Å². The number of nitrogens with zero attached hydrogens (tertiary/aromatic N) is 1. The highest BCUT2D eigenvalue weighted by atomic mass is 16.3. The molecule has 10 aromatic rings. The zero-order valence-electron chi connectivity index (χ0n) is 30.8. The molecule has 1 heterocycles. The molecule has 1 aliphatic rings. The largest absolute Gasteiger partial charge is 0.453 e. The Morgan fingerprint density at radius 1 is 0.400 bits per heavy atom. The van der Waals surface area contributed by atoms with Crippen LogP contribution in [-0.4, -0.2) is 0 Å². The Morgan fingerprint density at radius 3 is 1.87 bits per heavy atom. The minimum atomic E-state index is -0.131. The van der Waals surface area contributed by atoms with Crippen molar-refractivity contribution in [2.45, 2.75) is 19.3 Å². The number of furan rings is 1. The van der Waals surface area contributed by atoms with E-state index in [1.165, 1.54) is 60.5 Å². The van der Waals surface area contributed by atoms with E-state index in [1.54, 1.807) is 0 Å². The molecule has 0 aliphatic heterocycles. The number of rotatable bonds is 5. The molecule has 11 rings (SSSR count). The van der Waals surface area contributed by atoms with E-state index in [0.717, 1.165) is 44.6 Å². The Bertz CT molecular complexity index is 3110. The zero-order chi connectivity index (χ0) is 36.7. The van der Waals surface area contributed by atoms with E-state index in [-0.39, 0.29) is 5.41 Å². The summed E-state index contributed by atoms with van der Waals surface area (Å²) in [4.78, 5) is 2.38. The summed E-state index contributed by atoms with van der Waals surface area (Å²) >= 11 is 0. The average Bonchev–Trinajstić information content (AvgIpc) is 3.74. The van der Waals surface area contributed by atoms with Crippen molar-refractivity contribution in [1.29, 1.82) is 0 Å². The number of para-hydroxylation sites is 2. The lowest BCUT2D eigenvalue weighted by Crippen LogP contribution is -2.16. The molecule has 2 heteroatoms. The van der Waals surface area contributed by atoms with E-state index in [9.17, 15) is 0 Å². The highest BCUT2D eigenvalue weighted by Gasteiger charge is 2.36. The predicted octanol–water partition coefficient (Wildman–Crippen LogP) is 15.0. The van der Waals surface area contributed by atoms with Gasteiger partial charge in [-0.15, -0.1) is 0 Å². The van der Waals surface area contributed by atoms with Gasteiger partial charge in [-0.1, -0.05) is 172 Å². The minimum Gasteiger partial charge on any atom is -0.453 e. The third-order valence-electron chi connectivity index (χ3n) is 11.9. The third-order valence-corrected chi connectivity index (χ3v) is 11.9. The van der Waals surface area contributed by atoms with Gasteiger partial charge in [0.15, 0.2) is 5.58 Å². The monoisotopic (exact) mass is 703 g/mol. The summed E-state index contributed by atoms with van der Waals surface area (Å²) in [5.41, 5.74) is 14.8. The van der Waals surface area contributed by atoms with Gasteiger partial charge < -0.3 is 9.32 Å². The molecular formula is C53H37NO. The summed E-state index contributed by atoms with van der Waals surface area (Å²) in [7, 11) is 0. The number of hydrogen-bond donors (Lipinski definition) is 0. The molecule has 0 radical (unpaired) electrons. The maximum absolute atomic E-state index is 7.19. The molecule has 0 amide bonds. The van der Waals surface area contributed by atoms with Gasteiger partial charge in [-0.25, -0.2) is 0 Å². The third kappa shape index (κ3) is 4.81. The fourth-order valence-electron chi connectivity index (χ4n) is 9.17. The molecule has 0 atom stereocenters. The first-order valence-electron chi connectivity index (χ1n) is 19.1. The Labute approximate surface area is 320 Å². The molecule has 0 fully saturated rings. The Morgan fingerprint density at radius 2 is 1.00 bits per heavy atom. The van der Waals surface area contributed by atoms with E-state index < -0.39 is 0 Å². The van der Waals surface area contributed by atoms with Crippen LogP contribution in [0.4, 0.5) is 17.1 Å². The number of hydrogen-bond acceptors (Lipinski definition) is 2. The van der Waals surface area contributed by atoms with Gasteiger partial charge in [0.2, 0.25) is 0 Å². The van der Waals surface area contributed by atoms with E-state index in [4.69, 9.17) is 4.42 Å². The fraction of sp³-hybridized carbons (Fsp3) is 0.0566. The highest BCUT2D eigenvalue weighted by Crippen LogP contribution is 2.52. The summed E-state index contributed by atoms with van der Waals surface area (Å²) in [6.07, 6.45) is 0. The number of benzene rings is 9. The molecule has 55 heavy (non-hydrogen) atoms. The van der Waals surface area contributed by atoms with Gasteiger partial charge in [-0.2, -0.15) is 0 Å². The van der Waals surface area contributed by atoms with E-state index >= 15 is 0 Å². The van der Waals surface area contributed by atoms with Crippen LogP contribution in [0.25, 0.3) is 76.9 Å². The summed E-state index contributed by atoms with van der Waals surface area (Å²) < 4.78 is 7.19. The van der Waals surface area contributed by atoms with Crippen molar-refractivity contribution >= 4 is 60.5 Å². The normalized spacial score (nSPS) is 13.1. The number of fused-ring (bicyclic) bond motifs is 9. The maximum Gasteiger partial charge on any atom is 0.159 e. The first kappa shape index (κ1) is 31.6.